The van der Waals surface area contributed by atoms with E-state index >= 15 is 0 Å². The molecule has 140 valence electrons. The van der Waals surface area contributed by atoms with Gasteiger partial charge in [-0.05, 0) is 43.4 Å². The summed E-state index contributed by atoms with van der Waals surface area (Å²) in [5.41, 5.74) is 5.01. The van der Waals surface area contributed by atoms with Crippen molar-refractivity contribution in [3.05, 3.63) is 59.3 Å². The van der Waals surface area contributed by atoms with Crippen LogP contribution >= 0.6 is 0 Å². The van der Waals surface area contributed by atoms with Crippen LogP contribution in [0.25, 0.3) is 11.3 Å². The van der Waals surface area contributed by atoms with Crippen molar-refractivity contribution in [3.8, 4) is 29.1 Å². The molecule has 7 nitrogen and oxygen atoms in total. The Bertz CT molecular complexity index is 1050. The van der Waals surface area contributed by atoms with Crippen molar-refractivity contribution in [1.82, 2.24) is 19.9 Å². The molecule has 1 aliphatic carbocycles. The van der Waals surface area contributed by atoms with Crippen molar-refractivity contribution in [1.29, 1.82) is 5.26 Å². The Morgan fingerprint density at radius 3 is 2.82 bits per heavy atom. The van der Waals surface area contributed by atoms with Gasteiger partial charge in [0, 0.05) is 17.3 Å². The van der Waals surface area contributed by atoms with Gasteiger partial charge in [0.05, 0.1) is 30.9 Å². The molecule has 7 heteroatoms. The van der Waals surface area contributed by atoms with Gasteiger partial charge in [-0.15, -0.1) is 0 Å². The Kier molecular flexibility index (Phi) is 5.11. The summed E-state index contributed by atoms with van der Waals surface area (Å²) in [6.45, 7) is 0.241. The third-order valence-electron chi connectivity index (χ3n) is 4.66. The monoisotopic (exact) mass is 373 g/mol. The van der Waals surface area contributed by atoms with Crippen LogP contribution in [0.2, 0.25) is 0 Å². The van der Waals surface area contributed by atoms with Gasteiger partial charge in [0.2, 0.25) is 11.8 Å². The normalized spacial score (nSPS) is 12.7. The van der Waals surface area contributed by atoms with Crippen molar-refractivity contribution in [2.24, 2.45) is 0 Å². The first-order chi connectivity index (χ1) is 13.8. The zero-order valence-corrected chi connectivity index (χ0v) is 15.6. The quantitative estimate of drug-likeness (QED) is 0.677. The molecule has 0 spiro atoms. The van der Waals surface area contributed by atoms with Crippen LogP contribution < -0.4 is 9.47 Å². The van der Waals surface area contributed by atoms with E-state index in [-0.39, 0.29) is 6.61 Å². The second-order valence-corrected chi connectivity index (χ2v) is 6.50. The summed E-state index contributed by atoms with van der Waals surface area (Å²) < 4.78 is 11.1. The SMILES string of the molecule is COc1cncc(-c2cc(OCc3cccc(C#N)n3)nc3c2CCCC3)n1. The predicted molar refractivity (Wildman–Crippen MR) is 102 cm³/mol. The minimum Gasteiger partial charge on any atom is -0.480 e. The van der Waals surface area contributed by atoms with Crippen molar-refractivity contribution < 1.29 is 9.47 Å². The van der Waals surface area contributed by atoms with Crippen LogP contribution in [0.4, 0.5) is 0 Å². The molecule has 3 aromatic rings. The average molecular weight is 373 g/mol. The minimum absolute atomic E-state index is 0.241. The number of fused-ring (bicyclic) bond motifs is 1. The summed E-state index contributed by atoms with van der Waals surface area (Å²) in [6.07, 6.45) is 7.43. The number of rotatable bonds is 5. The van der Waals surface area contributed by atoms with Gasteiger partial charge >= 0.3 is 0 Å². The topological polar surface area (TPSA) is 93.8 Å². The van der Waals surface area contributed by atoms with Gasteiger partial charge in [-0.2, -0.15) is 5.26 Å². The summed E-state index contributed by atoms with van der Waals surface area (Å²) in [5.74, 6) is 0.989. The van der Waals surface area contributed by atoms with Gasteiger partial charge in [0.25, 0.3) is 0 Å². The van der Waals surface area contributed by atoms with Gasteiger partial charge in [0.15, 0.2) is 0 Å². The molecular formula is C21H19N5O2. The largest absolute Gasteiger partial charge is 0.480 e. The third kappa shape index (κ3) is 3.76. The Balaban J connectivity index is 1.67. The lowest BCUT2D eigenvalue weighted by atomic mass is 9.91. The van der Waals surface area contributed by atoms with Crippen LogP contribution in [0.15, 0.2) is 36.7 Å². The molecule has 0 atom stereocenters. The number of methoxy groups -OCH3 is 1. The maximum Gasteiger partial charge on any atom is 0.232 e. The van der Waals surface area contributed by atoms with E-state index < -0.39 is 0 Å². The molecule has 0 bridgehead atoms. The number of hydrogen-bond acceptors (Lipinski definition) is 7. The first-order valence-corrected chi connectivity index (χ1v) is 9.15. The maximum atomic E-state index is 9.00. The van der Waals surface area contributed by atoms with Gasteiger partial charge in [0.1, 0.15) is 18.4 Å². The van der Waals surface area contributed by atoms with E-state index in [1.807, 2.05) is 18.2 Å². The number of pyridine rings is 2. The predicted octanol–water partition coefficient (Wildman–Crippen LogP) is 3.27. The minimum atomic E-state index is 0.241. The van der Waals surface area contributed by atoms with E-state index in [1.54, 1.807) is 31.6 Å². The standard InChI is InChI=1S/C21H19N5O2/c1-27-21-12-23-11-19(26-21)17-9-20(25-18-8-3-2-7-16(17)18)28-13-15-6-4-5-14(10-22)24-15/h4-6,9,11-12H,2-3,7-8,13H2,1H3. The summed E-state index contributed by atoms with van der Waals surface area (Å²) >= 11 is 0. The highest BCUT2D eigenvalue weighted by atomic mass is 16.5. The molecule has 0 N–H and O–H groups in total. The number of aromatic nitrogens is 4. The van der Waals surface area contributed by atoms with E-state index in [0.717, 1.165) is 42.6 Å². The van der Waals surface area contributed by atoms with E-state index in [2.05, 4.69) is 15.0 Å². The molecule has 0 unspecified atom stereocenters. The Hall–Kier alpha value is -3.53. The summed E-state index contributed by atoms with van der Waals surface area (Å²) in [4.78, 5) is 17.7. The van der Waals surface area contributed by atoms with Crippen LogP contribution in [0, 0.1) is 11.3 Å². The van der Waals surface area contributed by atoms with Crippen LogP contribution in [0.5, 0.6) is 11.8 Å². The van der Waals surface area contributed by atoms with Gasteiger partial charge in [-0.1, -0.05) is 6.07 Å². The second-order valence-electron chi connectivity index (χ2n) is 6.50. The molecule has 0 aromatic carbocycles. The van der Waals surface area contributed by atoms with Crippen LogP contribution in [0.1, 0.15) is 35.5 Å². The van der Waals surface area contributed by atoms with E-state index in [4.69, 9.17) is 19.7 Å². The van der Waals surface area contributed by atoms with Gasteiger partial charge in [-0.25, -0.2) is 15.0 Å². The number of ether oxygens (including phenoxy) is 2. The van der Waals surface area contributed by atoms with E-state index in [0.29, 0.717) is 23.1 Å². The molecule has 0 amide bonds. The molecule has 0 saturated carbocycles. The van der Waals surface area contributed by atoms with Gasteiger partial charge in [-0.3, -0.25) is 4.98 Å². The maximum absolute atomic E-state index is 9.00. The molecule has 0 radical (unpaired) electrons. The lowest BCUT2D eigenvalue weighted by molar-refractivity contribution is 0.288. The highest BCUT2D eigenvalue weighted by molar-refractivity contribution is 5.66. The highest BCUT2D eigenvalue weighted by Crippen LogP contribution is 2.33. The third-order valence-corrected chi connectivity index (χ3v) is 4.66. The summed E-state index contributed by atoms with van der Waals surface area (Å²) in [5, 5.41) is 9.00. The molecule has 28 heavy (non-hydrogen) atoms. The molecule has 3 aromatic heterocycles. The first-order valence-electron chi connectivity index (χ1n) is 9.15. The van der Waals surface area contributed by atoms with Gasteiger partial charge < -0.3 is 9.47 Å². The lowest BCUT2D eigenvalue weighted by Crippen LogP contribution is -2.10. The average Bonchev–Trinajstić information content (AvgIpc) is 2.77. The number of aryl methyl sites for hydroxylation is 1. The Labute approximate surface area is 163 Å². The van der Waals surface area contributed by atoms with Crippen molar-refractivity contribution in [3.63, 3.8) is 0 Å². The molecule has 0 aliphatic heterocycles. The highest BCUT2D eigenvalue weighted by Gasteiger charge is 2.19. The Morgan fingerprint density at radius 2 is 1.96 bits per heavy atom. The van der Waals surface area contributed by atoms with Crippen LogP contribution in [0.3, 0.4) is 0 Å². The molecule has 3 heterocycles. The summed E-state index contributed by atoms with van der Waals surface area (Å²) in [6, 6.07) is 9.23. The fourth-order valence-corrected chi connectivity index (χ4v) is 3.33. The zero-order chi connectivity index (χ0) is 19.3. The van der Waals surface area contributed by atoms with Crippen molar-refractivity contribution >= 4 is 0 Å². The molecule has 1 aliphatic rings. The number of nitrogens with zero attached hydrogens (tertiary/aromatic N) is 5. The zero-order valence-electron chi connectivity index (χ0n) is 15.6. The lowest BCUT2D eigenvalue weighted by Gasteiger charge is -2.20. The van der Waals surface area contributed by atoms with Crippen LogP contribution in [-0.4, -0.2) is 27.0 Å². The van der Waals surface area contributed by atoms with Crippen LogP contribution in [-0.2, 0) is 19.4 Å². The number of hydrogen-bond donors (Lipinski definition) is 0. The summed E-state index contributed by atoms with van der Waals surface area (Å²) in [7, 11) is 1.58. The second kappa shape index (κ2) is 8.01. The Morgan fingerprint density at radius 1 is 1.07 bits per heavy atom. The molecule has 4 rings (SSSR count). The fraction of sp³-hybridized carbons (Fsp3) is 0.286. The molecule has 0 fully saturated rings. The first kappa shape index (κ1) is 17.9. The van der Waals surface area contributed by atoms with E-state index in [1.165, 1.54) is 5.56 Å². The molecular weight excluding hydrogens is 354 g/mol. The molecule has 0 saturated heterocycles. The smallest absolute Gasteiger partial charge is 0.232 e. The van der Waals surface area contributed by atoms with E-state index in [9.17, 15) is 0 Å². The fourth-order valence-electron chi connectivity index (χ4n) is 3.33. The number of nitriles is 1. The van der Waals surface area contributed by atoms with Crippen molar-refractivity contribution in [2.75, 3.05) is 7.11 Å². The van der Waals surface area contributed by atoms with Crippen molar-refractivity contribution in [2.45, 2.75) is 32.3 Å².